The maximum atomic E-state index is 10.6. The van der Waals surface area contributed by atoms with E-state index in [4.69, 9.17) is 16.7 Å². The molecule has 0 spiro atoms. The number of benzene rings is 1. The van der Waals surface area contributed by atoms with Crippen molar-refractivity contribution in [1.82, 2.24) is 0 Å². The zero-order valence-electron chi connectivity index (χ0n) is 8.40. The molecule has 0 aromatic heterocycles. The molecule has 0 saturated carbocycles. The van der Waals surface area contributed by atoms with Crippen LogP contribution in [0.1, 0.15) is 18.9 Å². The molecule has 0 saturated heterocycles. The summed E-state index contributed by atoms with van der Waals surface area (Å²) < 4.78 is 0. The molecule has 0 aliphatic heterocycles. The number of carbonyl (C=O) groups is 1. The molecule has 1 aromatic rings. The van der Waals surface area contributed by atoms with E-state index in [1.807, 2.05) is 0 Å². The second kappa shape index (κ2) is 5.03. The van der Waals surface area contributed by atoms with Crippen LogP contribution in [0.4, 0.5) is 0 Å². The first-order valence-electron chi connectivity index (χ1n) is 4.71. The second-order valence-electron chi connectivity index (χ2n) is 3.52. The van der Waals surface area contributed by atoms with Gasteiger partial charge in [0.1, 0.15) is 5.75 Å². The fourth-order valence-electron chi connectivity index (χ4n) is 1.28. The molecule has 1 atom stereocenters. The maximum absolute atomic E-state index is 10.6. The van der Waals surface area contributed by atoms with Crippen molar-refractivity contribution >= 4 is 17.6 Å². The third kappa shape index (κ3) is 3.13. The number of hydrogen-bond donors (Lipinski definition) is 2. The lowest BCUT2D eigenvalue weighted by Crippen LogP contribution is -2.10. The summed E-state index contributed by atoms with van der Waals surface area (Å²) in [5.74, 6) is -1.14. The van der Waals surface area contributed by atoms with Crippen LogP contribution in [0, 0.1) is 5.92 Å². The molecule has 15 heavy (non-hydrogen) atoms. The molecular formula is C11H13ClO3. The summed E-state index contributed by atoms with van der Waals surface area (Å²) in [5.41, 5.74) is 0.618. The Hall–Kier alpha value is -1.22. The quantitative estimate of drug-likeness (QED) is 0.833. The van der Waals surface area contributed by atoms with E-state index in [0.29, 0.717) is 23.4 Å². The predicted octanol–water partition coefficient (Wildman–Crippen LogP) is 2.70. The summed E-state index contributed by atoms with van der Waals surface area (Å²) in [4.78, 5) is 10.6. The first kappa shape index (κ1) is 11.9. The molecule has 1 aromatic carbocycles. The van der Waals surface area contributed by atoms with E-state index < -0.39 is 11.9 Å². The summed E-state index contributed by atoms with van der Waals surface area (Å²) in [6, 6.07) is 4.89. The van der Waals surface area contributed by atoms with Crippen LogP contribution in [-0.4, -0.2) is 16.2 Å². The second-order valence-corrected chi connectivity index (χ2v) is 3.92. The molecule has 0 radical (unpaired) electrons. The van der Waals surface area contributed by atoms with Crippen molar-refractivity contribution in [3.05, 3.63) is 28.8 Å². The predicted molar refractivity (Wildman–Crippen MR) is 58.2 cm³/mol. The van der Waals surface area contributed by atoms with Gasteiger partial charge in [0.05, 0.1) is 5.92 Å². The van der Waals surface area contributed by atoms with Crippen LogP contribution >= 0.6 is 11.6 Å². The minimum Gasteiger partial charge on any atom is -0.508 e. The van der Waals surface area contributed by atoms with Gasteiger partial charge in [-0.2, -0.15) is 0 Å². The average molecular weight is 229 g/mol. The molecule has 3 nitrogen and oxygen atoms in total. The normalized spacial score (nSPS) is 12.4. The number of aromatic hydroxyl groups is 1. The molecule has 82 valence electrons. The minimum absolute atomic E-state index is 0.125. The minimum atomic E-state index is -0.832. The van der Waals surface area contributed by atoms with Crippen LogP contribution in [0.3, 0.4) is 0 Å². The van der Waals surface area contributed by atoms with Gasteiger partial charge >= 0.3 is 5.97 Å². The number of phenolic OH excluding ortho intramolecular Hbond substituents is 1. The number of phenols is 1. The topological polar surface area (TPSA) is 57.5 Å². The maximum Gasteiger partial charge on any atom is 0.306 e. The van der Waals surface area contributed by atoms with E-state index in [-0.39, 0.29) is 5.75 Å². The van der Waals surface area contributed by atoms with Gasteiger partial charge in [0.25, 0.3) is 0 Å². The van der Waals surface area contributed by atoms with Crippen molar-refractivity contribution in [2.75, 3.05) is 0 Å². The summed E-state index contributed by atoms with van der Waals surface area (Å²) in [6.45, 7) is 1.64. The molecule has 0 fully saturated rings. The van der Waals surface area contributed by atoms with E-state index in [0.717, 1.165) is 0 Å². The van der Waals surface area contributed by atoms with Gasteiger partial charge in [-0.25, -0.2) is 0 Å². The van der Waals surface area contributed by atoms with Crippen molar-refractivity contribution in [3.63, 3.8) is 0 Å². The highest BCUT2D eigenvalue weighted by atomic mass is 35.5. The molecule has 0 aliphatic carbocycles. The first-order valence-corrected chi connectivity index (χ1v) is 5.09. The summed E-state index contributed by atoms with van der Waals surface area (Å²) in [6.07, 6.45) is 0.936. The highest BCUT2D eigenvalue weighted by molar-refractivity contribution is 6.31. The van der Waals surface area contributed by atoms with Crippen molar-refractivity contribution in [2.45, 2.75) is 19.8 Å². The van der Waals surface area contributed by atoms with Gasteiger partial charge in [-0.1, -0.05) is 24.6 Å². The molecular weight excluding hydrogens is 216 g/mol. The van der Waals surface area contributed by atoms with Gasteiger partial charge in [-0.15, -0.1) is 0 Å². The standard InChI is InChI=1S/C11H13ClO3/c1-7(11(14)15)5-6-8-9(12)3-2-4-10(8)13/h2-4,7,13H,5-6H2,1H3,(H,14,15). The van der Waals surface area contributed by atoms with Crippen molar-refractivity contribution in [1.29, 1.82) is 0 Å². The highest BCUT2D eigenvalue weighted by Gasteiger charge is 2.13. The van der Waals surface area contributed by atoms with Gasteiger partial charge < -0.3 is 10.2 Å². The Labute approximate surface area is 93.3 Å². The summed E-state index contributed by atoms with van der Waals surface area (Å²) >= 11 is 5.89. The Morgan fingerprint density at radius 3 is 2.73 bits per heavy atom. The van der Waals surface area contributed by atoms with Gasteiger partial charge in [0, 0.05) is 10.6 Å². The zero-order chi connectivity index (χ0) is 11.4. The van der Waals surface area contributed by atoms with Crippen molar-refractivity contribution < 1.29 is 15.0 Å². The number of aliphatic carboxylic acids is 1. The fourth-order valence-corrected chi connectivity index (χ4v) is 1.54. The summed E-state index contributed by atoms with van der Waals surface area (Å²) in [5, 5.41) is 18.7. The molecule has 0 aliphatic rings. The Kier molecular flexibility index (Phi) is 3.97. The molecule has 1 unspecified atom stereocenters. The smallest absolute Gasteiger partial charge is 0.306 e. The third-order valence-electron chi connectivity index (χ3n) is 2.34. The van der Waals surface area contributed by atoms with Crippen molar-refractivity contribution in [2.24, 2.45) is 5.92 Å². The molecule has 0 heterocycles. The fraction of sp³-hybridized carbons (Fsp3) is 0.364. The zero-order valence-corrected chi connectivity index (χ0v) is 9.16. The number of carboxylic acid groups (broad SMARTS) is 1. The van der Waals surface area contributed by atoms with Crippen molar-refractivity contribution in [3.8, 4) is 5.75 Å². The van der Waals surface area contributed by atoms with Gasteiger partial charge in [-0.3, -0.25) is 4.79 Å². The molecule has 0 amide bonds. The Morgan fingerprint density at radius 1 is 1.53 bits per heavy atom. The molecule has 4 heteroatoms. The van der Waals surface area contributed by atoms with Gasteiger partial charge in [0.15, 0.2) is 0 Å². The van der Waals surface area contributed by atoms with Crippen LogP contribution in [0.2, 0.25) is 5.02 Å². The molecule has 1 rings (SSSR count). The number of carboxylic acids is 1. The molecule has 2 N–H and O–H groups in total. The average Bonchev–Trinajstić information content (AvgIpc) is 2.16. The lowest BCUT2D eigenvalue weighted by atomic mass is 10.0. The van der Waals surface area contributed by atoms with Crippen LogP contribution in [0.5, 0.6) is 5.75 Å². The first-order chi connectivity index (χ1) is 7.02. The Balaban J connectivity index is 2.69. The van der Waals surface area contributed by atoms with E-state index in [1.165, 1.54) is 0 Å². The van der Waals surface area contributed by atoms with Crippen LogP contribution in [0.15, 0.2) is 18.2 Å². The Morgan fingerprint density at radius 2 is 2.20 bits per heavy atom. The van der Waals surface area contributed by atoms with Crippen LogP contribution in [-0.2, 0) is 11.2 Å². The lowest BCUT2D eigenvalue weighted by molar-refractivity contribution is -0.141. The number of halogens is 1. The van der Waals surface area contributed by atoms with E-state index >= 15 is 0 Å². The van der Waals surface area contributed by atoms with E-state index in [2.05, 4.69) is 0 Å². The largest absolute Gasteiger partial charge is 0.508 e. The highest BCUT2D eigenvalue weighted by Crippen LogP contribution is 2.27. The Bertz CT molecular complexity index is 343. The van der Waals surface area contributed by atoms with Crippen LogP contribution < -0.4 is 0 Å². The number of hydrogen-bond acceptors (Lipinski definition) is 2. The number of rotatable bonds is 4. The summed E-state index contributed by atoms with van der Waals surface area (Å²) in [7, 11) is 0. The van der Waals surface area contributed by atoms with E-state index in [9.17, 15) is 9.90 Å². The lowest BCUT2D eigenvalue weighted by Gasteiger charge is -2.08. The van der Waals surface area contributed by atoms with E-state index in [1.54, 1.807) is 25.1 Å². The molecule has 0 bridgehead atoms. The van der Waals surface area contributed by atoms with Gasteiger partial charge in [-0.05, 0) is 25.0 Å². The SMILES string of the molecule is CC(CCc1c(O)cccc1Cl)C(=O)O. The van der Waals surface area contributed by atoms with Gasteiger partial charge in [0.2, 0.25) is 0 Å². The monoisotopic (exact) mass is 228 g/mol. The third-order valence-corrected chi connectivity index (χ3v) is 2.70. The van der Waals surface area contributed by atoms with Crippen LogP contribution in [0.25, 0.3) is 0 Å².